The van der Waals surface area contributed by atoms with Crippen LogP contribution < -0.4 is 5.32 Å². The van der Waals surface area contributed by atoms with Gasteiger partial charge in [0.25, 0.3) is 0 Å². The van der Waals surface area contributed by atoms with Gasteiger partial charge in [0, 0.05) is 6.42 Å². The fourth-order valence-electron chi connectivity index (χ4n) is 15.2. The van der Waals surface area contributed by atoms with Gasteiger partial charge in [-0.05, 0) is 57.8 Å². The Morgan fingerprint density at radius 1 is 0.339 bits per heavy atom. The van der Waals surface area contributed by atoms with E-state index >= 15 is 0 Å². The number of rotatable bonds is 73. The Kier molecular flexibility index (Phi) is 64.4. The van der Waals surface area contributed by atoms with Crippen molar-refractivity contribution in [2.24, 2.45) is 0 Å². The van der Waals surface area contributed by atoms with Crippen LogP contribution in [0.5, 0.6) is 0 Å². The summed E-state index contributed by atoms with van der Waals surface area (Å²) in [5, 5.41) is 121. The topological polar surface area (TPSA) is 307 Å². The van der Waals surface area contributed by atoms with Crippen LogP contribution in [0.15, 0.2) is 60.8 Å². The van der Waals surface area contributed by atoms with E-state index in [1.54, 1.807) is 0 Å². The predicted molar refractivity (Wildman–Crippen MR) is 439 cm³/mol. The molecular weight excluding hydrogens is 1380 g/mol. The maximum atomic E-state index is 13.5. The molecule has 12 N–H and O–H groups in total. The van der Waals surface area contributed by atoms with E-state index in [0.717, 1.165) is 77.0 Å². The van der Waals surface area contributed by atoms with Crippen LogP contribution in [0, 0.1) is 0 Å². The van der Waals surface area contributed by atoms with Gasteiger partial charge in [0.15, 0.2) is 18.9 Å². The Morgan fingerprint density at radius 3 is 0.991 bits per heavy atom. The Morgan fingerprint density at radius 2 is 0.633 bits per heavy atom. The van der Waals surface area contributed by atoms with E-state index in [4.69, 9.17) is 28.4 Å². The van der Waals surface area contributed by atoms with Gasteiger partial charge < -0.3 is 89.9 Å². The first-order valence-corrected chi connectivity index (χ1v) is 45.0. The molecule has 0 saturated carbocycles. The summed E-state index contributed by atoms with van der Waals surface area (Å²) in [6.07, 6.45) is 64.7. The number of unbranched alkanes of at least 4 members (excludes halogenated alkanes) is 47. The van der Waals surface area contributed by atoms with Gasteiger partial charge in [0.05, 0.1) is 38.6 Å². The van der Waals surface area contributed by atoms with Gasteiger partial charge in [-0.2, -0.15) is 0 Å². The molecule has 109 heavy (non-hydrogen) atoms. The molecule has 19 nitrogen and oxygen atoms in total. The number of allylic oxidation sites excluding steroid dienone is 10. The number of aliphatic hydroxyl groups excluding tert-OH is 11. The molecule has 3 fully saturated rings. The van der Waals surface area contributed by atoms with E-state index in [1.807, 2.05) is 0 Å². The highest BCUT2D eigenvalue weighted by Crippen LogP contribution is 2.34. The Bertz CT molecular complexity index is 2200. The van der Waals surface area contributed by atoms with Crippen LogP contribution in [0.1, 0.15) is 373 Å². The highest BCUT2D eigenvalue weighted by molar-refractivity contribution is 5.76. The van der Waals surface area contributed by atoms with E-state index < -0.39 is 124 Å². The number of hydrogen-bond acceptors (Lipinski definition) is 18. The quantitative estimate of drug-likeness (QED) is 0.0199. The Labute approximate surface area is 662 Å². The van der Waals surface area contributed by atoms with E-state index in [1.165, 1.54) is 263 Å². The third-order valence-electron chi connectivity index (χ3n) is 22.4. The smallest absolute Gasteiger partial charge is 0.220 e. The van der Waals surface area contributed by atoms with Crippen LogP contribution >= 0.6 is 0 Å². The van der Waals surface area contributed by atoms with Gasteiger partial charge >= 0.3 is 0 Å². The molecular formula is C90H165NO18. The summed E-state index contributed by atoms with van der Waals surface area (Å²) in [6.45, 7) is 1.75. The van der Waals surface area contributed by atoms with Crippen molar-refractivity contribution in [3.8, 4) is 0 Å². The summed E-state index contributed by atoms with van der Waals surface area (Å²) in [4.78, 5) is 13.5. The number of ether oxygens (including phenoxy) is 6. The molecule has 3 heterocycles. The SMILES string of the molecule is CC/C=C\C/C=C\C/C=C\C/C=C\C/C=C\CCCCCCCCCCCCCCCCCCCC(=O)NC(COC1OC(CO)C(OC2OC(CO)C(OC3OC(CO)C(O)C(O)C3O)C(O)C2O)C(O)C1O)C(O)CCCCCCCCCCCCCCCCCCCCCCCCCCCCCCCCC. The van der Waals surface area contributed by atoms with Crippen LogP contribution in [-0.4, -0.2) is 193 Å². The van der Waals surface area contributed by atoms with Crippen LogP contribution in [0.3, 0.4) is 0 Å². The highest BCUT2D eigenvalue weighted by atomic mass is 16.8. The minimum absolute atomic E-state index is 0.237. The molecule has 0 aromatic heterocycles. The van der Waals surface area contributed by atoms with Crippen molar-refractivity contribution in [2.75, 3.05) is 26.4 Å². The van der Waals surface area contributed by atoms with Crippen LogP contribution in [0.25, 0.3) is 0 Å². The van der Waals surface area contributed by atoms with Crippen LogP contribution in [-0.2, 0) is 33.2 Å². The van der Waals surface area contributed by atoms with E-state index in [0.29, 0.717) is 12.8 Å². The zero-order chi connectivity index (χ0) is 78.8. The van der Waals surface area contributed by atoms with Crippen LogP contribution in [0.4, 0.5) is 0 Å². The molecule has 0 bridgehead atoms. The molecule has 17 unspecified atom stereocenters. The second-order valence-electron chi connectivity index (χ2n) is 32.0. The van der Waals surface area contributed by atoms with Gasteiger partial charge in [-0.15, -0.1) is 0 Å². The van der Waals surface area contributed by atoms with Crippen molar-refractivity contribution in [1.29, 1.82) is 0 Å². The Balaban J connectivity index is 1.32. The third-order valence-corrected chi connectivity index (χ3v) is 22.4. The minimum Gasteiger partial charge on any atom is -0.394 e. The molecule has 0 spiro atoms. The number of amides is 1. The van der Waals surface area contributed by atoms with Crippen molar-refractivity contribution in [3.63, 3.8) is 0 Å². The normalized spacial score (nSPS) is 25.5. The lowest BCUT2D eigenvalue weighted by atomic mass is 9.96. The summed E-state index contributed by atoms with van der Waals surface area (Å²) in [7, 11) is 0. The monoisotopic (exact) mass is 1550 g/mol. The summed E-state index contributed by atoms with van der Waals surface area (Å²) in [6, 6.07) is -0.891. The van der Waals surface area contributed by atoms with E-state index in [-0.39, 0.29) is 18.9 Å². The molecule has 0 aliphatic carbocycles. The maximum Gasteiger partial charge on any atom is 0.220 e. The van der Waals surface area contributed by atoms with E-state index in [9.17, 15) is 61.0 Å². The summed E-state index contributed by atoms with van der Waals surface area (Å²) in [5.74, 6) is -0.237. The summed E-state index contributed by atoms with van der Waals surface area (Å²) >= 11 is 0. The fraction of sp³-hybridized carbons (Fsp3) is 0.878. The molecule has 0 aromatic rings. The third kappa shape index (κ3) is 48.6. The number of carbonyl (C=O) groups excluding carboxylic acids is 1. The molecule has 1 amide bonds. The van der Waals surface area contributed by atoms with Gasteiger partial charge in [-0.3, -0.25) is 4.79 Å². The van der Waals surface area contributed by atoms with Gasteiger partial charge in [-0.25, -0.2) is 0 Å². The first-order chi connectivity index (χ1) is 53.3. The van der Waals surface area contributed by atoms with Gasteiger partial charge in [0.1, 0.15) is 73.2 Å². The molecule has 17 atom stereocenters. The number of carbonyl (C=O) groups is 1. The van der Waals surface area contributed by atoms with Crippen molar-refractivity contribution >= 4 is 5.91 Å². The molecule has 3 rings (SSSR count). The predicted octanol–water partition coefficient (Wildman–Crippen LogP) is 17.0. The summed E-state index contributed by atoms with van der Waals surface area (Å²) in [5.41, 5.74) is 0. The standard InChI is InChI=1S/C90H165NO18/c1-3-5-7-9-11-13-15-17-19-21-23-25-27-29-31-33-35-36-38-40-42-44-46-48-50-52-54-56-58-60-62-64-66-68-78(96)91-73(74(95)67-65-63-61-59-57-55-53-51-49-47-45-43-41-39-37-34-32-30-28-26-24-22-20-18-16-14-12-10-8-6-4-2)72-104-88-84(102)81(99)86(76(70-93)106-88)109-90-85(103)82(100)87(77(71-94)107-90)108-89-83(101)80(98)79(97)75(69-92)105-89/h5,7,11,13,17,19,23,25,29,31,73-77,79-90,92-95,97-103H,3-4,6,8-10,12,14-16,18,20-22,24,26-28,30,32-72H2,1-2H3,(H,91,96)/b7-5-,13-11-,19-17-,25-23-,31-29-. The van der Waals surface area contributed by atoms with Crippen molar-refractivity contribution in [3.05, 3.63) is 60.8 Å². The minimum atomic E-state index is -1.97. The second kappa shape index (κ2) is 69.8. The first kappa shape index (κ1) is 101. The molecule has 0 aromatic carbocycles. The maximum absolute atomic E-state index is 13.5. The Hall–Kier alpha value is -2.51. The summed E-state index contributed by atoms with van der Waals surface area (Å²) < 4.78 is 34.6. The molecule has 19 heteroatoms. The van der Waals surface area contributed by atoms with Gasteiger partial charge in [0.2, 0.25) is 5.91 Å². The number of hydrogen-bond donors (Lipinski definition) is 12. The van der Waals surface area contributed by atoms with E-state index in [2.05, 4.69) is 79.9 Å². The molecule has 3 aliphatic heterocycles. The van der Waals surface area contributed by atoms with Crippen molar-refractivity contribution in [1.82, 2.24) is 5.32 Å². The average molecular weight is 1550 g/mol. The zero-order valence-corrected chi connectivity index (χ0v) is 68.8. The molecule has 3 aliphatic rings. The second-order valence-corrected chi connectivity index (χ2v) is 32.0. The largest absolute Gasteiger partial charge is 0.394 e. The van der Waals surface area contributed by atoms with Crippen LogP contribution in [0.2, 0.25) is 0 Å². The first-order valence-electron chi connectivity index (χ1n) is 45.0. The lowest BCUT2D eigenvalue weighted by Crippen LogP contribution is -2.66. The lowest BCUT2D eigenvalue weighted by molar-refractivity contribution is -0.379. The fourth-order valence-corrected chi connectivity index (χ4v) is 15.2. The van der Waals surface area contributed by atoms with Gasteiger partial charge in [-0.1, -0.05) is 370 Å². The average Bonchev–Trinajstić information content (AvgIpc) is 0.782. The molecule has 3 saturated heterocycles. The number of nitrogens with one attached hydrogen (secondary N) is 1. The zero-order valence-electron chi connectivity index (χ0n) is 68.8. The number of aliphatic hydroxyl groups is 11. The molecule has 638 valence electrons. The van der Waals surface area contributed by atoms with Crippen molar-refractivity contribution in [2.45, 2.75) is 478 Å². The molecule has 0 radical (unpaired) electrons. The lowest BCUT2D eigenvalue weighted by Gasteiger charge is -2.48. The highest BCUT2D eigenvalue weighted by Gasteiger charge is 2.54. The van der Waals surface area contributed by atoms with Crippen molar-refractivity contribution < 1.29 is 89.4 Å².